The number of hydrogen-bond acceptors (Lipinski definition) is 3. The smallest absolute Gasteiger partial charge is 0.341 e. The molecule has 1 aromatic carbocycles. The van der Waals surface area contributed by atoms with Crippen molar-refractivity contribution in [2.24, 2.45) is 0 Å². The highest BCUT2D eigenvalue weighted by atomic mass is 79.9. The predicted molar refractivity (Wildman–Crippen MR) is 74.9 cm³/mol. The molecule has 0 fully saturated rings. The average Bonchev–Trinajstić information content (AvgIpc) is 2.32. The number of carboxylic acids is 1. The molecule has 0 unspecified atom stereocenters. The molecule has 1 N–H and O–H groups in total. The molecule has 0 spiro atoms. The lowest BCUT2D eigenvalue weighted by Gasteiger charge is -2.10. The van der Waals surface area contributed by atoms with Gasteiger partial charge in [-0.3, -0.25) is 0 Å². The van der Waals surface area contributed by atoms with Gasteiger partial charge in [-0.25, -0.2) is 9.78 Å². The summed E-state index contributed by atoms with van der Waals surface area (Å²) in [5.74, 6) is -0.436. The Kier molecular flexibility index (Phi) is 3.85. The lowest BCUT2D eigenvalue weighted by Crippen LogP contribution is -2.03. The topological polar surface area (TPSA) is 59.4 Å². The summed E-state index contributed by atoms with van der Waals surface area (Å²) in [5, 5.41) is 9.12. The zero-order chi connectivity index (χ0) is 14.0. The van der Waals surface area contributed by atoms with Crippen LogP contribution in [0.5, 0.6) is 11.6 Å². The van der Waals surface area contributed by atoms with Crippen LogP contribution in [-0.4, -0.2) is 16.1 Å². The van der Waals surface area contributed by atoms with E-state index in [0.717, 1.165) is 10.0 Å². The Morgan fingerprint density at radius 1 is 1.26 bits per heavy atom. The minimum atomic E-state index is -1.06. The van der Waals surface area contributed by atoms with Gasteiger partial charge in [0, 0.05) is 5.69 Å². The standard InChI is InChI=1S/C14H12BrNO3/c1-8-3-6-12(11(15)7-8)19-13-10(14(17)18)5-4-9(2)16-13/h3-7H,1-2H3,(H,17,18). The van der Waals surface area contributed by atoms with Crippen LogP contribution in [0.3, 0.4) is 0 Å². The summed E-state index contributed by atoms with van der Waals surface area (Å²) in [7, 11) is 0. The Morgan fingerprint density at radius 2 is 2.00 bits per heavy atom. The van der Waals surface area contributed by atoms with Gasteiger partial charge in [-0.15, -0.1) is 0 Å². The molecule has 1 heterocycles. The predicted octanol–water partition coefficient (Wildman–Crippen LogP) is 3.95. The van der Waals surface area contributed by atoms with Crippen LogP contribution in [0.4, 0.5) is 0 Å². The fourth-order valence-electron chi connectivity index (χ4n) is 1.57. The largest absolute Gasteiger partial charge is 0.477 e. The van der Waals surface area contributed by atoms with E-state index in [9.17, 15) is 4.79 Å². The fraction of sp³-hybridized carbons (Fsp3) is 0.143. The number of pyridine rings is 1. The molecule has 0 aliphatic heterocycles. The first-order chi connectivity index (χ1) is 8.97. The van der Waals surface area contributed by atoms with Gasteiger partial charge in [0.25, 0.3) is 0 Å². The van der Waals surface area contributed by atoms with Crippen LogP contribution in [0.25, 0.3) is 0 Å². The molecule has 98 valence electrons. The molecular formula is C14H12BrNO3. The third kappa shape index (κ3) is 3.12. The average molecular weight is 322 g/mol. The third-order valence-electron chi connectivity index (χ3n) is 2.52. The van der Waals surface area contributed by atoms with E-state index >= 15 is 0 Å². The number of halogens is 1. The van der Waals surface area contributed by atoms with Crippen LogP contribution in [0.1, 0.15) is 21.6 Å². The van der Waals surface area contributed by atoms with E-state index < -0.39 is 5.97 Å². The lowest BCUT2D eigenvalue weighted by atomic mass is 10.2. The number of benzene rings is 1. The molecule has 19 heavy (non-hydrogen) atoms. The third-order valence-corrected chi connectivity index (χ3v) is 3.14. The van der Waals surface area contributed by atoms with Crippen molar-refractivity contribution in [3.63, 3.8) is 0 Å². The van der Waals surface area contributed by atoms with Crippen molar-refractivity contribution in [3.05, 3.63) is 51.6 Å². The van der Waals surface area contributed by atoms with Crippen molar-refractivity contribution in [2.75, 3.05) is 0 Å². The van der Waals surface area contributed by atoms with E-state index in [1.54, 1.807) is 19.1 Å². The normalized spacial score (nSPS) is 10.3. The summed E-state index contributed by atoms with van der Waals surface area (Å²) in [6, 6.07) is 8.68. The van der Waals surface area contributed by atoms with Crippen LogP contribution in [0, 0.1) is 13.8 Å². The molecule has 0 atom stereocenters. The summed E-state index contributed by atoms with van der Waals surface area (Å²) in [6.45, 7) is 3.74. The number of aromatic nitrogens is 1. The summed E-state index contributed by atoms with van der Waals surface area (Å²) in [6.07, 6.45) is 0. The Balaban J connectivity index is 2.42. The Bertz CT molecular complexity index is 641. The van der Waals surface area contributed by atoms with Crippen LogP contribution in [0.15, 0.2) is 34.8 Å². The van der Waals surface area contributed by atoms with Gasteiger partial charge in [-0.1, -0.05) is 6.07 Å². The van der Waals surface area contributed by atoms with Gasteiger partial charge in [0.1, 0.15) is 11.3 Å². The van der Waals surface area contributed by atoms with Crippen molar-refractivity contribution in [1.82, 2.24) is 4.98 Å². The number of ether oxygens (including phenoxy) is 1. The molecule has 0 saturated carbocycles. The fourth-order valence-corrected chi connectivity index (χ4v) is 2.14. The first kappa shape index (κ1) is 13.5. The number of hydrogen-bond donors (Lipinski definition) is 1. The number of nitrogens with zero attached hydrogens (tertiary/aromatic N) is 1. The van der Waals surface area contributed by atoms with E-state index in [1.165, 1.54) is 6.07 Å². The maximum atomic E-state index is 11.1. The summed E-state index contributed by atoms with van der Waals surface area (Å²) >= 11 is 3.38. The summed E-state index contributed by atoms with van der Waals surface area (Å²) in [4.78, 5) is 15.3. The minimum Gasteiger partial charge on any atom is -0.477 e. The molecule has 2 aromatic rings. The van der Waals surface area contributed by atoms with Gasteiger partial charge in [-0.05, 0) is 59.6 Å². The second kappa shape index (κ2) is 5.40. The number of aromatic carboxylic acids is 1. The van der Waals surface area contributed by atoms with Crippen molar-refractivity contribution >= 4 is 21.9 Å². The second-order valence-electron chi connectivity index (χ2n) is 4.15. The lowest BCUT2D eigenvalue weighted by molar-refractivity contribution is 0.0693. The summed E-state index contributed by atoms with van der Waals surface area (Å²) in [5.41, 5.74) is 1.82. The molecule has 0 saturated heterocycles. The van der Waals surface area contributed by atoms with E-state index in [0.29, 0.717) is 11.4 Å². The highest BCUT2D eigenvalue weighted by molar-refractivity contribution is 9.10. The molecule has 4 nitrogen and oxygen atoms in total. The zero-order valence-corrected chi connectivity index (χ0v) is 12.1. The van der Waals surface area contributed by atoms with E-state index in [1.807, 2.05) is 19.1 Å². The number of carboxylic acid groups (broad SMARTS) is 1. The first-order valence-electron chi connectivity index (χ1n) is 5.62. The highest BCUT2D eigenvalue weighted by Crippen LogP contribution is 2.31. The van der Waals surface area contributed by atoms with Gasteiger partial charge < -0.3 is 9.84 Å². The van der Waals surface area contributed by atoms with Crippen molar-refractivity contribution in [3.8, 4) is 11.6 Å². The molecule has 0 bridgehead atoms. The first-order valence-corrected chi connectivity index (χ1v) is 6.41. The quantitative estimate of drug-likeness (QED) is 0.929. The molecular weight excluding hydrogens is 310 g/mol. The van der Waals surface area contributed by atoms with Gasteiger partial charge in [0.2, 0.25) is 5.88 Å². The maximum absolute atomic E-state index is 11.1. The van der Waals surface area contributed by atoms with Gasteiger partial charge in [0.15, 0.2) is 0 Å². The minimum absolute atomic E-state index is 0.0399. The number of carbonyl (C=O) groups is 1. The monoisotopic (exact) mass is 321 g/mol. The van der Waals surface area contributed by atoms with Crippen molar-refractivity contribution in [2.45, 2.75) is 13.8 Å². The Labute approximate surface area is 119 Å². The van der Waals surface area contributed by atoms with E-state index in [4.69, 9.17) is 9.84 Å². The van der Waals surface area contributed by atoms with Crippen LogP contribution < -0.4 is 4.74 Å². The molecule has 5 heteroatoms. The molecule has 0 amide bonds. The van der Waals surface area contributed by atoms with Gasteiger partial charge in [0.05, 0.1) is 4.47 Å². The van der Waals surface area contributed by atoms with E-state index in [2.05, 4.69) is 20.9 Å². The molecule has 0 aliphatic rings. The second-order valence-corrected chi connectivity index (χ2v) is 5.00. The maximum Gasteiger partial charge on any atom is 0.341 e. The number of rotatable bonds is 3. The zero-order valence-electron chi connectivity index (χ0n) is 10.5. The van der Waals surface area contributed by atoms with Crippen molar-refractivity contribution < 1.29 is 14.6 Å². The van der Waals surface area contributed by atoms with Gasteiger partial charge >= 0.3 is 5.97 Å². The van der Waals surface area contributed by atoms with Crippen LogP contribution in [0.2, 0.25) is 0 Å². The molecule has 0 radical (unpaired) electrons. The van der Waals surface area contributed by atoms with Gasteiger partial charge in [-0.2, -0.15) is 0 Å². The molecule has 0 aliphatic carbocycles. The Morgan fingerprint density at radius 3 is 2.63 bits per heavy atom. The van der Waals surface area contributed by atoms with E-state index in [-0.39, 0.29) is 11.4 Å². The number of aryl methyl sites for hydroxylation is 2. The van der Waals surface area contributed by atoms with Crippen LogP contribution in [-0.2, 0) is 0 Å². The molecule has 2 rings (SSSR count). The van der Waals surface area contributed by atoms with Crippen LogP contribution >= 0.6 is 15.9 Å². The van der Waals surface area contributed by atoms with Crippen molar-refractivity contribution in [1.29, 1.82) is 0 Å². The molecule has 1 aromatic heterocycles. The highest BCUT2D eigenvalue weighted by Gasteiger charge is 2.15. The summed E-state index contributed by atoms with van der Waals surface area (Å²) < 4.78 is 6.36. The Hall–Kier alpha value is -1.88. The SMILES string of the molecule is Cc1ccc(Oc2nc(C)ccc2C(=O)O)c(Br)c1.